The van der Waals surface area contributed by atoms with E-state index in [-0.39, 0.29) is 34.6 Å². The van der Waals surface area contributed by atoms with E-state index in [1.165, 1.54) is 18.3 Å². The normalized spacial score (nSPS) is 21.6. The summed E-state index contributed by atoms with van der Waals surface area (Å²) in [6.45, 7) is 3.50. The molecule has 1 aliphatic heterocycles. The maximum atomic E-state index is 13.1. The van der Waals surface area contributed by atoms with Crippen LogP contribution in [0.5, 0.6) is 0 Å². The van der Waals surface area contributed by atoms with Gasteiger partial charge < -0.3 is 15.1 Å². The molecular formula is C24H32FN5O3S. The summed E-state index contributed by atoms with van der Waals surface area (Å²) in [6.07, 6.45) is 3.79. The van der Waals surface area contributed by atoms with Gasteiger partial charge in [0.05, 0.1) is 11.7 Å². The number of hydrogen-bond donors (Lipinski definition) is 2. The zero-order chi connectivity index (χ0) is 24.5. The number of carbonyl (C=O) groups is 1. The number of hydrogen-bond acceptors (Lipinski definition) is 6. The standard InChI is InChI=1S/C24H32FN5O3S/c1-16(17-4-8-19(25)9-5-17)27-24(31)18-6-10-20(11-7-18)28-34(32,33)21-14-22-23(26-15-21)30(3)13-12-29(22)2/h4-5,8-9,14-16,18,20,28H,6-7,10-13H2,1-3H3,(H,27,31)/t16-,18?,20?/m1/s1. The molecule has 0 radical (unpaired) electrons. The number of benzene rings is 1. The van der Waals surface area contributed by atoms with Crippen molar-refractivity contribution in [2.75, 3.05) is 37.0 Å². The Bertz CT molecular complexity index is 1130. The molecule has 184 valence electrons. The molecule has 2 aliphatic rings. The highest BCUT2D eigenvalue weighted by molar-refractivity contribution is 7.89. The SMILES string of the molecule is C[C@@H](NC(=O)C1CCC(NS(=O)(=O)c2cnc3c(c2)N(C)CCN3C)CC1)c1ccc(F)cc1. The van der Waals surface area contributed by atoms with Crippen LogP contribution in [0.1, 0.15) is 44.2 Å². The van der Waals surface area contributed by atoms with Gasteiger partial charge in [0.2, 0.25) is 15.9 Å². The number of pyridine rings is 1. The van der Waals surface area contributed by atoms with Gasteiger partial charge in [0.15, 0.2) is 5.82 Å². The molecule has 1 fully saturated rings. The molecule has 2 aromatic rings. The van der Waals surface area contributed by atoms with Crippen molar-refractivity contribution >= 4 is 27.4 Å². The smallest absolute Gasteiger partial charge is 0.242 e. The fourth-order valence-electron chi connectivity index (χ4n) is 4.60. The van der Waals surface area contributed by atoms with E-state index in [2.05, 4.69) is 15.0 Å². The molecule has 0 saturated heterocycles. The molecule has 1 aliphatic carbocycles. The molecule has 1 aromatic carbocycles. The number of fused-ring (bicyclic) bond motifs is 1. The summed E-state index contributed by atoms with van der Waals surface area (Å²) in [5.74, 6) is 0.241. The predicted octanol–water partition coefficient (Wildman–Crippen LogP) is 2.82. The minimum absolute atomic E-state index is 0.0517. The summed E-state index contributed by atoms with van der Waals surface area (Å²) in [6, 6.07) is 7.32. The molecule has 4 rings (SSSR count). The lowest BCUT2D eigenvalue weighted by molar-refractivity contribution is -0.126. The van der Waals surface area contributed by atoms with Gasteiger partial charge in [-0.2, -0.15) is 0 Å². The van der Waals surface area contributed by atoms with Crippen LogP contribution < -0.4 is 19.8 Å². The molecule has 1 saturated carbocycles. The summed E-state index contributed by atoms with van der Waals surface area (Å²) in [5.41, 5.74) is 1.64. The molecule has 0 spiro atoms. The first-order valence-corrected chi connectivity index (χ1v) is 13.1. The Hall–Kier alpha value is -2.72. The third kappa shape index (κ3) is 5.33. The van der Waals surface area contributed by atoms with E-state index < -0.39 is 10.0 Å². The van der Waals surface area contributed by atoms with Gasteiger partial charge in [-0.15, -0.1) is 0 Å². The van der Waals surface area contributed by atoms with Gasteiger partial charge in [0.25, 0.3) is 0 Å². The zero-order valence-corrected chi connectivity index (χ0v) is 20.6. The fourth-order valence-corrected chi connectivity index (χ4v) is 5.87. The molecule has 1 aromatic heterocycles. The molecule has 2 heterocycles. The number of rotatable bonds is 6. The van der Waals surface area contributed by atoms with Crippen LogP contribution in [0.4, 0.5) is 15.9 Å². The van der Waals surface area contributed by atoms with Crippen molar-refractivity contribution in [3.05, 3.63) is 47.9 Å². The van der Waals surface area contributed by atoms with E-state index in [1.54, 1.807) is 18.2 Å². The highest BCUT2D eigenvalue weighted by Gasteiger charge is 2.31. The molecule has 2 N–H and O–H groups in total. The molecular weight excluding hydrogens is 457 g/mol. The van der Waals surface area contributed by atoms with Crippen LogP contribution >= 0.6 is 0 Å². The number of amides is 1. The first-order valence-electron chi connectivity index (χ1n) is 11.6. The average molecular weight is 490 g/mol. The van der Waals surface area contributed by atoms with E-state index in [9.17, 15) is 17.6 Å². The van der Waals surface area contributed by atoms with Crippen molar-refractivity contribution in [3.8, 4) is 0 Å². The molecule has 1 amide bonds. The van der Waals surface area contributed by atoms with Gasteiger partial charge in [-0.05, 0) is 56.4 Å². The van der Waals surface area contributed by atoms with Crippen LogP contribution in [0.15, 0.2) is 41.4 Å². The number of sulfonamides is 1. The Morgan fingerprint density at radius 1 is 1.09 bits per heavy atom. The van der Waals surface area contributed by atoms with Crippen molar-refractivity contribution in [2.45, 2.75) is 49.6 Å². The van der Waals surface area contributed by atoms with Crippen molar-refractivity contribution in [1.82, 2.24) is 15.0 Å². The number of aromatic nitrogens is 1. The number of carbonyl (C=O) groups excluding carboxylic acids is 1. The first kappa shape index (κ1) is 24.4. The lowest BCUT2D eigenvalue weighted by Crippen LogP contribution is -2.41. The quantitative estimate of drug-likeness (QED) is 0.648. The number of halogens is 1. The van der Waals surface area contributed by atoms with Gasteiger partial charge >= 0.3 is 0 Å². The van der Waals surface area contributed by atoms with Gasteiger partial charge in [-0.25, -0.2) is 22.5 Å². The van der Waals surface area contributed by atoms with E-state index >= 15 is 0 Å². The molecule has 0 bridgehead atoms. The lowest BCUT2D eigenvalue weighted by atomic mass is 9.85. The minimum Gasteiger partial charge on any atom is -0.370 e. The summed E-state index contributed by atoms with van der Waals surface area (Å²) in [5, 5.41) is 2.99. The number of anilines is 2. The van der Waals surface area contributed by atoms with E-state index in [1.807, 2.05) is 30.8 Å². The van der Waals surface area contributed by atoms with Gasteiger partial charge in [-0.3, -0.25) is 4.79 Å². The van der Waals surface area contributed by atoms with Crippen LogP contribution in [0.2, 0.25) is 0 Å². The van der Waals surface area contributed by atoms with E-state index in [0.717, 1.165) is 30.2 Å². The van der Waals surface area contributed by atoms with Crippen LogP contribution in [0.25, 0.3) is 0 Å². The van der Waals surface area contributed by atoms with Gasteiger partial charge in [0.1, 0.15) is 10.7 Å². The van der Waals surface area contributed by atoms with E-state index in [4.69, 9.17) is 0 Å². The Balaban J connectivity index is 1.33. The van der Waals surface area contributed by atoms with Crippen LogP contribution in [-0.4, -0.2) is 52.5 Å². The number of nitrogens with one attached hydrogen (secondary N) is 2. The summed E-state index contributed by atoms with van der Waals surface area (Å²) in [7, 11) is 0.156. The highest BCUT2D eigenvalue weighted by atomic mass is 32.2. The van der Waals surface area contributed by atoms with E-state index in [0.29, 0.717) is 25.7 Å². The van der Waals surface area contributed by atoms with Crippen LogP contribution in [0, 0.1) is 11.7 Å². The van der Waals surface area contributed by atoms with Crippen molar-refractivity contribution in [2.24, 2.45) is 5.92 Å². The predicted molar refractivity (Wildman–Crippen MR) is 130 cm³/mol. The second-order valence-corrected chi connectivity index (χ2v) is 11.0. The largest absolute Gasteiger partial charge is 0.370 e. The molecule has 34 heavy (non-hydrogen) atoms. The minimum atomic E-state index is -3.72. The van der Waals surface area contributed by atoms with Crippen LogP contribution in [0.3, 0.4) is 0 Å². The van der Waals surface area contributed by atoms with Crippen molar-refractivity contribution < 1.29 is 17.6 Å². The Morgan fingerprint density at radius 3 is 2.41 bits per heavy atom. The second-order valence-electron chi connectivity index (χ2n) is 9.31. The summed E-state index contributed by atoms with van der Waals surface area (Å²) >= 11 is 0. The Morgan fingerprint density at radius 2 is 1.74 bits per heavy atom. The van der Waals surface area contributed by atoms with Crippen LogP contribution in [-0.2, 0) is 14.8 Å². The van der Waals surface area contributed by atoms with Crippen molar-refractivity contribution in [3.63, 3.8) is 0 Å². The molecule has 1 atom stereocenters. The summed E-state index contributed by atoms with van der Waals surface area (Å²) in [4.78, 5) is 21.3. The topological polar surface area (TPSA) is 94.6 Å². The Kier molecular flexibility index (Phi) is 7.09. The maximum absolute atomic E-state index is 13.1. The molecule has 0 unspecified atom stereocenters. The maximum Gasteiger partial charge on any atom is 0.242 e. The monoisotopic (exact) mass is 489 g/mol. The second kappa shape index (κ2) is 9.87. The fraction of sp³-hybridized carbons (Fsp3) is 0.500. The first-order chi connectivity index (χ1) is 16.1. The highest BCUT2D eigenvalue weighted by Crippen LogP contribution is 2.32. The van der Waals surface area contributed by atoms with Gasteiger partial charge in [0, 0.05) is 45.3 Å². The third-order valence-corrected chi connectivity index (χ3v) is 8.31. The Labute approximate surface area is 200 Å². The summed E-state index contributed by atoms with van der Waals surface area (Å²) < 4.78 is 42.0. The van der Waals surface area contributed by atoms with Gasteiger partial charge in [-0.1, -0.05) is 12.1 Å². The number of nitrogens with zero attached hydrogens (tertiary/aromatic N) is 3. The molecule has 10 heteroatoms. The molecule has 8 nitrogen and oxygen atoms in total. The third-order valence-electron chi connectivity index (χ3n) is 6.82. The number of likely N-dealkylation sites (N-methyl/N-ethyl adjacent to an activating group) is 2. The zero-order valence-electron chi connectivity index (χ0n) is 19.8. The van der Waals surface area contributed by atoms with Crippen molar-refractivity contribution in [1.29, 1.82) is 0 Å². The average Bonchev–Trinajstić information content (AvgIpc) is 2.82. The lowest BCUT2D eigenvalue weighted by Gasteiger charge is -2.34.